The van der Waals surface area contributed by atoms with E-state index in [1.54, 1.807) is 0 Å². The van der Waals surface area contributed by atoms with Crippen molar-refractivity contribution >= 4 is 15.8 Å². The minimum Gasteiger partial charge on any atom is -0.459 e. The summed E-state index contributed by atoms with van der Waals surface area (Å²) in [6.45, 7) is 0. The zero-order valence-electron chi connectivity index (χ0n) is 6.25. The highest BCUT2D eigenvalue weighted by Gasteiger charge is 1.97. The predicted octanol–water partition coefficient (Wildman–Crippen LogP) is -0.793. The topological polar surface area (TPSA) is 60.4 Å². The minimum absolute atomic E-state index is 0.317. The molecule has 0 rings (SSSR count). The SMILES string of the molecule is COC(=O)C#CCS(C)(=O)=O. The Morgan fingerprint density at radius 2 is 2.09 bits per heavy atom. The first kappa shape index (κ1) is 9.98. The van der Waals surface area contributed by atoms with Gasteiger partial charge < -0.3 is 4.74 Å². The van der Waals surface area contributed by atoms with Gasteiger partial charge in [0.25, 0.3) is 0 Å². The molecule has 0 aromatic carbocycles. The van der Waals surface area contributed by atoms with Crippen LogP contribution in [0.1, 0.15) is 0 Å². The Morgan fingerprint density at radius 1 is 1.55 bits per heavy atom. The predicted molar refractivity (Wildman–Crippen MR) is 39.5 cm³/mol. The normalized spacial score (nSPS) is 9.64. The number of ether oxygens (including phenoxy) is 1. The largest absolute Gasteiger partial charge is 0.459 e. The molecule has 0 amide bonds. The average Bonchev–Trinajstić information content (AvgIpc) is 1.85. The molecule has 0 aliphatic rings. The van der Waals surface area contributed by atoms with Crippen molar-refractivity contribution in [3.8, 4) is 11.8 Å². The van der Waals surface area contributed by atoms with E-state index in [2.05, 4.69) is 10.7 Å². The summed E-state index contributed by atoms with van der Waals surface area (Å²) in [6.07, 6.45) is 1.04. The first-order valence-corrected chi connectivity index (χ1v) is 4.76. The molecule has 0 saturated carbocycles. The van der Waals surface area contributed by atoms with Crippen LogP contribution in [0.25, 0.3) is 0 Å². The number of esters is 1. The van der Waals surface area contributed by atoms with E-state index < -0.39 is 15.8 Å². The van der Waals surface area contributed by atoms with Crippen molar-refractivity contribution in [1.29, 1.82) is 0 Å². The van der Waals surface area contributed by atoms with Crippen LogP contribution in [-0.2, 0) is 19.4 Å². The summed E-state index contributed by atoms with van der Waals surface area (Å²) in [5.41, 5.74) is 0. The Bertz CT molecular complexity index is 290. The van der Waals surface area contributed by atoms with Gasteiger partial charge in [0.15, 0.2) is 9.84 Å². The van der Waals surface area contributed by atoms with Gasteiger partial charge in [-0.2, -0.15) is 0 Å². The Hall–Kier alpha value is -1.02. The van der Waals surface area contributed by atoms with E-state index >= 15 is 0 Å². The summed E-state index contributed by atoms with van der Waals surface area (Å²) in [5.74, 6) is 3.12. The van der Waals surface area contributed by atoms with Crippen LogP contribution in [0.4, 0.5) is 0 Å². The van der Waals surface area contributed by atoms with E-state index in [1.165, 1.54) is 7.11 Å². The lowest BCUT2D eigenvalue weighted by atomic mass is 10.6. The van der Waals surface area contributed by atoms with Gasteiger partial charge in [0, 0.05) is 12.2 Å². The molecular weight excluding hydrogens is 168 g/mol. The number of sulfone groups is 1. The smallest absolute Gasteiger partial charge is 0.384 e. The summed E-state index contributed by atoms with van der Waals surface area (Å²) < 4.78 is 25.1. The number of methoxy groups -OCH3 is 1. The van der Waals surface area contributed by atoms with Gasteiger partial charge in [0.05, 0.1) is 7.11 Å². The van der Waals surface area contributed by atoms with Gasteiger partial charge in [-0.1, -0.05) is 5.92 Å². The highest BCUT2D eigenvalue weighted by atomic mass is 32.2. The molecule has 0 radical (unpaired) electrons. The van der Waals surface area contributed by atoms with Gasteiger partial charge in [0.1, 0.15) is 5.75 Å². The van der Waals surface area contributed by atoms with Gasteiger partial charge in [-0.25, -0.2) is 13.2 Å². The maximum Gasteiger partial charge on any atom is 0.384 e. The maximum absolute atomic E-state index is 10.4. The molecule has 62 valence electrons. The Balaban J connectivity index is 4.04. The third-order valence-electron chi connectivity index (χ3n) is 0.710. The zero-order chi connectivity index (χ0) is 8.91. The molecule has 0 spiro atoms. The number of carbonyl (C=O) groups excluding carboxylic acids is 1. The van der Waals surface area contributed by atoms with Crippen LogP contribution in [0.15, 0.2) is 0 Å². The Labute approximate surface area is 65.5 Å². The van der Waals surface area contributed by atoms with Crippen LogP contribution in [0.5, 0.6) is 0 Å². The van der Waals surface area contributed by atoms with Crippen molar-refractivity contribution in [2.24, 2.45) is 0 Å². The molecule has 5 heteroatoms. The van der Waals surface area contributed by atoms with E-state index in [-0.39, 0.29) is 5.75 Å². The molecule has 0 aliphatic carbocycles. The molecule has 0 saturated heterocycles. The van der Waals surface area contributed by atoms with Crippen LogP contribution in [0.3, 0.4) is 0 Å². The first-order valence-electron chi connectivity index (χ1n) is 2.70. The van der Waals surface area contributed by atoms with Crippen LogP contribution >= 0.6 is 0 Å². The lowest BCUT2D eigenvalue weighted by Gasteiger charge is -1.85. The van der Waals surface area contributed by atoms with E-state index in [1.807, 2.05) is 5.92 Å². The standard InChI is InChI=1S/C6H8O4S/c1-10-6(7)4-3-5-11(2,8)9/h5H2,1-2H3. The molecule has 0 aromatic heterocycles. The van der Waals surface area contributed by atoms with Crippen molar-refractivity contribution < 1.29 is 17.9 Å². The summed E-state index contributed by atoms with van der Waals surface area (Å²) >= 11 is 0. The van der Waals surface area contributed by atoms with Crippen LogP contribution < -0.4 is 0 Å². The van der Waals surface area contributed by atoms with Gasteiger partial charge in [-0.05, 0) is 0 Å². The maximum atomic E-state index is 10.4. The molecule has 4 nitrogen and oxygen atoms in total. The van der Waals surface area contributed by atoms with Crippen molar-refractivity contribution in [1.82, 2.24) is 0 Å². The van der Waals surface area contributed by atoms with Crippen molar-refractivity contribution in [2.45, 2.75) is 0 Å². The fourth-order valence-corrected chi connectivity index (χ4v) is 0.625. The molecule has 0 aromatic rings. The average molecular weight is 176 g/mol. The highest BCUT2D eigenvalue weighted by Crippen LogP contribution is 1.78. The summed E-state index contributed by atoms with van der Waals surface area (Å²) in [4.78, 5) is 10.3. The van der Waals surface area contributed by atoms with Crippen molar-refractivity contribution in [2.75, 3.05) is 19.1 Å². The lowest BCUT2D eigenvalue weighted by Crippen LogP contribution is -2.01. The molecule has 0 aliphatic heterocycles. The Morgan fingerprint density at radius 3 is 2.45 bits per heavy atom. The summed E-state index contributed by atoms with van der Waals surface area (Å²) in [7, 11) is -1.93. The second-order valence-electron chi connectivity index (χ2n) is 1.86. The molecule has 0 N–H and O–H groups in total. The van der Waals surface area contributed by atoms with Crippen LogP contribution in [-0.4, -0.2) is 33.5 Å². The van der Waals surface area contributed by atoms with Gasteiger partial charge in [-0.15, -0.1) is 0 Å². The van der Waals surface area contributed by atoms with E-state index in [0.717, 1.165) is 6.26 Å². The van der Waals surface area contributed by atoms with Gasteiger partial charge >= 0.3 is 5.97 Å². The summed E-state index contributed by atoms with van der Waals surface area (Å²) in [5, 5.41) is 0. The van der Waals surface area contributed by atoms with Gasteiger partial charge in [-0.3, -0.25) is 0 Å². The highest BCUT2D eigenvalue weighted by molar-refractivity contribution is 7.90. The third kappa shape index (κ3) is 6.87. The first-order chi connectivity index (χ1) is 4.95. The fourth-order valence-electron chi connectivity index (χ4n) is 0.290. The number of hydrogen-bond acceptors (Lipinski definition) is 4. The van der Waals surface area contributed by atoms with E-state index in [4.69, 9.17) is 0 Å². The second-order valence-corrected chi connectivity index (χ2v) is 4.00. The minimum atomic E-state index is -3.11. The molecule has 0 fully saturated rings. The monoisotopic (exact) mass is 176 g/mol. The second kappa shape index (κ2) is 3.98. The van der Waals surface area contributed by atoms with E-state index in [0.29, 0.717) is 0 Å². The van der Waals surface area contributed by atoms with Crippen molar-refractivity contribution in [3.63, 3.8) is 0 Å². The molecule has 0 heterocycles. The molecular formula is C6H8O4S. The van der Waals surface area contributed by atoms with E-state index in [9.17, 15) is 13.2 Å². The molecule has 0 atom stereocenters. The molecule has 11 heavy (non-hydrogen) atoms. The molecule has 0 unspecified atom stereocenters. The van der Waals surface area contributed by atoms with Crippen molar-refractivity contribution in [3.05, 3.63) is 0 Å². The summed E-state index contributed by atoms with van der Waals surface area (Å²) in [6, 6.07) is 0. The number of rotatable bonds is 1. The van der Waals surface area contributed by atoms with Crippen LogP contribution in [0.2, 0.25) is 0 Å². The van der Waals surface area contributed by atoms with Gasteiger partial charge in [0.2, 0.25) is 0 Å². The zero-order valence-corrected chi connectivity index (χ0v) is 7.06. The lowest BCUT2D eigenvalue weighted by molar-refractivity contribution is -0.133. The quantitative estimate of drug-likeness (QED) is 0.298. The number of hydrogen-bond donors (Lipinski definition) is 0. The van der Waals surface area contributed by atoms with Crippen LogP contribution in [0, 0.1) is 11.8 Å². The third-order valence-corrected chi connectivity index (χ3v) is 1.38. The molecule has 0 bridgehead atoms. The Kier molecular flexibility index (Phi) is 3.61. The number of carbonyl (C=O) groups is 1. The fraction of sp³-hybridized carbons (Fsp3) is 0.500.